The van der Waals surface area contributed by atoms with Crippen LogP contribution in [0.15, 0.2) is 11.6 Å². The summed E-state index contributed by atoms with van der Waals surface area (Å²) in [6, 6.07) is 0. The summed E-state index contributed by atoms with van der Waals surface area (Å²) >= 11 is 0. The third-order valence-corrected chi connectivity index (χ3v) is 2.22. The minimum atomic E-state index is -0.543. The van der Waals surface area contributed by atoms with Crippen molar-refractivity contribution in [1.29, 1.82) is 0 Å². The van der Waals surface area contributed by atoms with Crippen LogP contribution in [0.5, 0.6) is 0 Å². The van der Waals surface area contributed by atoms with Crippen LogP contribution in [0.1, 0.15) is 33.1 Å². The summed E-state index contributed by atoms with van der Waals surface area (Å²) in [7, 11) is 0. The molecule has 1 fully saturated rings. The monoisotopic (exact) mass is 183 g/mol. The Labute approximate surface area is 79.0 Å². The number of amides is 1. The second-order valence-corrected chi connectivity index (χ2v) is 3.68. The van der Waals surface area contributed by atoms with Crippen LogP contribution in [0, 0.1) is 0 Å². The molecule has 1 rings (SSSR count). The normalized spacial score (nSPS) is 22.2. The summed E-state index contributed by atoms with van der Waals surface area (Å²) in [5.74, 6) is 0.0784. The Balaban J connectivity index is 2.35. The number of aliphatic hydroxyl groups is 1. The lowest BCUT2D eigenvalue weighted by Crippen LogP contribution is -2.33. The Morgan fingerprint density at radius 2 is 2.38 bits per heavy atom. The van der Waals surface area contributed by atoms with E-state index in [2.05, 4.69) is 6.08 Å². The number of rotatable bonds is 3. The van der Waals surface area contributed by atoms with Gasteiger partial charge in [0.05, 0.1) is 0 Å². The lowest BCUT2D eigenvalue weighted by atomic mass is 10.2. The fourth-order valence-electron chi connectivity index (χ4n) is 1.48. The Hall–Kier alpha value is -0.830. The molecule has 1 unspecified atom stereocenters. The SMILES string of the molecule is CC(C)=CCCN1C(=O)CCC1O. The zero-order valence-electron chi connectivity index (χ0n) is 8.29. The van der Waals surface area contributed by atoms with Gasteiger partial charge in [0.2, 0.25) is 5.91 Å². The largest absolute Gasteiger partial charge is 0.374 e. The number of aliphatic hydroxyl groups excluding tert-OH is 1. The van der Waals surface area contributed by atoms with Crippen LogP contribution >= 0.6 is 0 Å². The molecule has 1 atom stereocenters. The number of carbonyl (C=O) groups excluding carboxylic acids is 1. The number of carbonyl (C=O) groups is 1. The highest BCUT2D eigenvalue weighted by Crippen LogP contribution is 2.16. The molecule has 1 saturated heterocycles. The van der Waals surface area contributed by atoms with Gasteiger partial charge in [-0.15, -0.1) is 0 Å². The van der Waals surface area contributed by atoms with E-state index in [0.717, 1.165) is 6.42 Å². The predicted octanol–water partition coefficient (Wildman–Crippen LogP) is 1.28. The van der Waals surface area contributed by atoms with Crippen molar-refractivity contribution in [2.24, 2.45) is 0 Å². The van der Waals surface area contributed by atoms with Gasteiger partial charge in [0.25, 0.3) is 0 Å². The summed E-state index contributed by atoms with van der Waals surface area (Å²) in [6.07, 6.45) is 3.46. The molecule has 3 heteroatoms. The first-order valence-electron chi connectivity index (χ1n) is 4.72. The predicted molar refractivity (Wildman–Crippen MR) is 51.0 cm³/mol. The molecule has 0 bridgehead atoms. The minimum absolute atomic E-state index is 0.0784. The number of hydrogen-bond acceptors (Lipinski definition) is 2. The van der Waals surface area contributed by atoms with Gasteiger partial charge < -0.3 is 10.0 Å². The maximum atomic E-state index is 11.2. The maximum Gasteiger partial charge on any atom is 0.224 e. The van der Waals surface area contributed by atoms with Crippen LogP contribution in [0.4, 0.5) is 0 Å². The van der Waals surface area contributed by atoms with Gasteiger partial charge in [-0.25, -0.2) is 0 Å². The first kappa shape index (κ1) is 10.3. The third-order valence-electron chi connectivity index (χ3n) is 2.22. The van der Waals surface area contributed by atoms with Crippen LogP contribution in [0.25, 0.3) is 0 Å². The van der Waals surface area contributed by atoms with Crippen molar-refractivity contribution in [3.05, 3.63) is 11.6 Å². The summed E-state index contributed by atoms with van der Waals surface area (Å²) in [4.78, 5) is 12.8. The van der Waals surface area contributed by atoms with Gasteiger partial charge in [0.15, 0.2) is 0 Å². The highest BCUT2D eigenvalue weighted by Gasteiger charge is 2.27. The molecule has 3 nitrogen and oxygen atoms in total. The van der Waals surface area contributed by atoms with E-state index in [-0.39, 0.29) is 5.91 Å². The van der Waals surface area contributed by atoms with Crippen LogP contribution in [0.3, 0.4) is 0 Å². The van der Waals surface area contributed by atoms with Crippen molar-refractivity contribution in [1.82, 2.24) is 4.90 Å². The number of hydrogen-bond donors (Lipinski definition) is 1. The number of nitrogens with zero attached hydrogens (tertiary/aromatic N) is 1. The molecule has 1 heterocycles. The number of likely N-dealkylation sites (tertiary alicyclic amines) is 1. The fourth-order valence-corrected chi connectivity index (χ4v) is 1.48. The molecule has 1 aliphatic heterocycles. The quantitative estimate of drug-likeness (QED) is 0.670. The lowest BCUT2D eigenvalue weighted by Gasteiger charge is -2.19. The van der Waals surface area contributed by atoms with Crippen molar-refractivity contribution < 1.29 is 9.90 Å². The molecule has 0 spiro atoms. The van der Waals surface area contributed by atoms with Gasteiger partial charge in [-0.2, -0.15) is 0 Å². The smallest absolute Gasteiger partial charge is 0.224 e. The molecule has 0 aliphatic carbocycles. The molecule has 0 radical (unpaired) electrons. The average molecular weight is 183 g/mol. The Kier molecular flexibility index (Phi) is 3.48. The number of allylic oxidation sites excluding steroid dienone is 1. The van der Waals surface area contributed by atoms with E-state index in [4.69, 9.17) is 0 Å². The summed E-state index contributed by atoms with van der Waals surface area (Å²) in [5.41, 5.74) is 1.25. The molecule has 1 N–H and O–H groups in total. The van der Waals surface area contributed by atoms with E-state index in [1.54, 1.807) is 4.90 Å². The van der Waals surface area contributed by atoms with Crippen molar-refractivity contribution in [2.75, 3.05) is 6.54 Å². The van der Waals surface area contributed by atoms with Crippen molar-refractivity contribution in [3.63, 3.8) is 0 Å². The Morgan fingerprint density at radius 1 is 1.69 bits per heavy atom. The molecule has 13 heavy (non-hydrogen) atoms. The zero-order chi connectivity index (χ0) is 9.84. The second kappa shape index (κ2) is 4.42. The topological polar surface area (TPSA) is 40.5 Å². The van der Waals surface area contributed by atoms with Crippen molar-refractivity contribution in [3.8, 4) is 0 Å². The van der Waals surface area contributed by atoms with Crippen LogP contribution in [-0.4, -0.2) is 28.7 Å². The molecular weight excluding hydrogens is 166 g/mol. The van der Waals surface area contributed by atoms with Crippen LogP contribution in [0.2, 0.25) is 0 Å². The molecular formula is C10H17NO2. The maximum absolute atomic E-state index is 11.2. The molecule has 0 saturated carbocycles. The van der Waals surface area contributed by atoms with E-state index in [1.807, 2.05) is 13.8 Å². The van der Waals surface area contributed by atoms with Gasteiger partial charge >= 0.3 is 0 Å². The van der Waals surface area contributed by atoms with Gasteiger partial charge in [0.1, 0.15) is 6.23 Å². The van der Waals surface area contributed by atoms with Crippen molar-refractivity contribution >= 4 is 5.91 Å². The average Bonchev–Trinajstić information content (AvgIpc) is 2.34. The van der Waals surface area contributed by atoms with Gasteiger partial charge in [0, 0.05) is 19.4 Å². The summed E-state index contributed by atoms with van der Waals surface area (Å²) in [5, 5.41) is 9.41. The van der Waals surface area contributed by atoms with Gasteiger partial charge in [-0.05, 0) is 20.3 Å². The molecule has 0 aromatic carbocycles. The minimum Gasteiger partial charge on any atom is -0.374 e. The Bertz CT molecular complexity index is 219. The first-order valence-corrected chi connectivity index (χ1v) is 4.72. The lowest BCUT2D eigenvalue weighted by molar-refractivity contribution is -0.133. The molecule has 1 aliphatic rings. The van der Waals surface area contributed by atoms with E-state index >= 15 is 0 Å². The molecule has 0 aromatic rings. The molecule has 0 aromatic heterocycles. The van der Waals surface area contributed by atoms with E-state index < -0.39 is 6.23 Å². The van der Waals surface area contributed by atoms with Gasteiger partial charge in [-0.3, -0.25) is 4.79 Å². The van der Waals surface area contributed by atoms with Gasteiger partial charge in [-0.1, -0.05) is 11.6 Å². The summed E-state index contributed by atoms with van der Waals surface area (Å²) < 4.78 is 0. The van der Waals surface area contributed by atoms with E-state index in [1.165, 1.54) is 5.57 Å². The molecule has 74 valence electrons. The highest BCUT2D eigenvalue weighted by molar-refractivity contribution is 5.78. The second-order valence-electron chi connectivity index (χ2n) is 3.68. The van der Waals surface area contributed by atoms with Crippen LogP contribution < -0.4 is 0 Å². The van der Waals surface area contributed by atoms with E-state index in [9.17, 15) is 9.90 Å². The van der Waals surface area contributed by atoms with Crippen molar-refractivity contribution in [2.45, 2.75) is 39.3 Å². The first-order chi connectivity index (χ1) is 6.11. The Morgan fingerprint density at radius 3 is 2.85 bits per heavy atom. The summed E-state index contributed by atoms with van der Waals surface area (Å²) in [6.45, 7) is 4.70. The molecule has 1 amide bonds. The zero-order valence-corrected chi connectivity index (χ0v) is 8.29. The third kappa shape index (κ3) is 2.84. The van der Waals surface area contributed by atoms with E-state index in [0.29, 0.717) is 19.4 Å². The highest BCUT2D eigenvalue weighted by atomic mass is 16.3. The van der Waals surface area contributed by atoms with Crippen LogP contribution in [-0.2, 0) is 4.79 Å². The fraction of sp³-hybridized carbons (Fsp3) is 0.700. The standard InChI is InChI=1S/C10H17NO2/c1-8(2)4-3-7-11-9(12)5-6-10(11)13/h4,9,12H,3,5-7H2,1-2H3.